The molecule has 3 heteroatoms. The summed E-state index contributed by atoms with van der Waals surface area (Å²) in [4.78, 5) is 2.52. The van der Waals surface area contributed by atoms with Crippen LogP contribution in [0, 0.1) is 0 Å². The summed E-state index contributed by atoms with van der Waals surface area (Å²) in [5.41, 5.74) is -0.0311. The summed E-state index contributed by atoms with van der Waals surface area (Å²) in [5, 5.41) is 3.64. The number of ether oxygens (including phenoxy) is 1. The van der Waals surface area contributed by atoms with Crippen LogP contribution in [0.4, 0.5) is 0 Å². The lowest BCUT2D eigenvalue weighted by Gasteiger charge is -2.34. The van der Waals surface area contributed by atoms with E-state index in [2.05, 4.69) is 37.9 Å². The molecule has 3 nitrogen and oxygen atoms in total. The Morgan fingerprint density at radius 1 is 1.25 bits per heavy atom. The van der Waals surface area contributed by atoms with Crippen molar-refractivity contribution >= 4 is 0 Å². The second-order valence-corrected chi connectivity index (χ2v) is 5.28. The van der Waals surface area contributed by atoms with Crippen LogP contribution < -0.4 is 5.32 Å². The molecule has 1 aliphatic rings. The molecule has 0 aromatic heterocycles. The average Bonchev–Trinajstić information content (AvgIpc) is 2.27. The van der Waals surface area contributed by atoms with E-state index in [-0.39, 0.29) is 5.60 Å². The molecular weight excluding hydrogens is 200 g/mol. The average molecular weight is 228 g/mol. The van der Waals surface area contributed by atoms with Gasteiger partial charge >= 0.3 is 0 Å². The number of nitrogens with zero attached hydrogens (tertiary/aromatic N) is 1. The summed E-state index contributed by atoms with van der Waals surface area (Å²) in [6.45, 7) is 14.0. The zero-order valence-electron chi connectivity index (χ0n) is 11.4. The van der Waals surface area contributed by atoms with E-state index in [0.717, 1.165) is 13.2 Å². The molecule has 1 rings (SSSR count). The standard InChI is InChI=1S/C13H28N2O/c1-5-15-9-7-12(8-10-15)14-11-13(3,4)16-6-2/h12,14H,5-11H2,1-4H3. The van der Waals surface area contributed by atoms with E-state index in [4.69, 9.17) is 4.74 Å². The normalized spacial score (nSPS) is 20.2. The van der Waals surface area contributed by atoms with Crippen LogP contribution in [0.5, 0.6) is 0 Å². The molecule has 0 radical (unpaired) electrons. The van der Waals surface area contributed by atoms with Crippen molar-refractivity contribution in [3.05, 3.63) is 0 Å². The van der Waals surface area contributed by atoms with Crippen LogP contribution in [0.2, 0.25) is 0 Å². The van der Waals surface area contributed by atoms with Gasteiger partial charge in [-0.1, -0.05) is 6.92 Å². The fourth-order valence-electron chi connectivity index (χ4n) is 2.29. The zero-order valence-corrected chi connectivity index (χ0v) is 11.4. The highest BCUT2D eigenvalue weighted by molar-refractivity contribution is 4.80. The Balaban J connectivity index is 2.19. The fraction of sp³-hybridized carbons (Fsp3) is 1.00. The monoisotopic (exact) mass is 228 g/mol. The number of hydrogen-bond acceptors (Lipinski definition) is 3. The van der Waals surface area contributed by atoms with Crippen molar-refractivity contribution in [1.29, 1.82) is 0 Å². The lowest BCUT2D eigenvalue weighted by Crippen LogP contribution is -2.47. The van der Waals surface area contributed by atoms with Crippen molar-refractivity contribution < 1.29 is 4.74 Å². The van der Waals surface area contributed by atoms with E-state index in [0.29, 0.717) is 6.04 Å². The third kappa shape index (κ3) is 4.81. The second kappa shape index (κ2) is 6.58. The molecule has 0 aromatic rings. The maximum absolute atomic E-state index is 5.69. The Bertz CT molecular complexity index is 186. The third-order valence-electron chi connectivity index (χ3n) is 3.39. The number of piperidine rings is 1. The van der Waals surface area contributed by atoms with E-state index in [1.807, 2.05) is 0 Å². The lowest BCUT2D eigenvalue weighted by atomic mass is 10.0. The van der Waals surface area contributed by atoms with Gasteiger partial charge in [0.1, 0.15) is 0 Å². The number of likely N-dealkylation sites (tertiary alicyclic amines) is 1. The first-order chi connectivity index (χ1) is 7.57. The molecular formula is C13H28N2O. The zero-order chi connectivity index (χ0) is 12.0. The van der Waals surface area contributed by atoms with Gasteiger partial charge in [0.05, 0.1) is 5.60 Å². The van der Waals surface area contributed by atoms with Crippen molar-refractivity contribution in [3.63, 3.8) is 0 Å². The molecule has 0 bridgehead atoms. The van der Waals surface area contributed by atoms with Gasteiger partial charge in [-0.25, -0.2) is 0 Å². The van der Waals surface area contributed by atoms with Gasteiger partial charge in [-0.05, 0) is 53.2 Å². The Morgan fingerprint density at radius 3 is 2.38 bits per heavy atom. The van der Waals surface area contributed by atoms with Gasteiger partial charge in [-0.15, -0.1) is 0 Å². The van der Waals surface area contributed by atoms with E-state index >= 15 is 0 Å². The van der Waals surface area contributed by atoms with Gasteiger partial charge in [0.2, 0.25) is 0 Å². The predicted octanol–water partition coefficient (Wildman–Crippen LogP) is 1.88. The minimum absolute atomic E-state index is 0.0311. The molecule has 0 aromatic carbocycles. The largest absolute Gasteiger partial charge is 0.375 e. The van der Waals surface area contributed by atoms with Crippen LogP contribution in [0.25, 0.3) is 0 Å². The molecule has 1 heterocycles. The summed E-state index contributed by atoms with van der Waals surface area (Å²) < 4.78 is 5.69. The Labute approximate surface area is 101 Å². The molecule has 0 amide bonds. The van der Waals surface area contributed by atoms with Gasteiger partial charge in [-0.2, -0.15) is 0 Å². The molecule has 0 atom stereocenters. The molecule has 1 fully saturated rings. The molecule has 1 N–H and O–H groups in total. The van der Waals surface area contributed by atoms with Crippen LogP contribution in [0.1, 0.15) is 40.5 Å². The van der Waals surface area contributed by atoms with Crippen LogP contribution in [-0.2, 0) is 4.74 Å². The summed E-state index contributed by atoms with van der Waals surface area (Å²) in [7, 11) is 0. The summed E-state index contributed by atoms with van der Waals surface area (Å²) in [6.07, 6.45) is 2.55. The molecule has 96 valence electrons. The quantitative estimate of drug-likeness (QED) is 0.751. The maximum Gasteiger partial charge on any atom is 0.0750 e. The first-order valence-corrected chi connectivity index (χ1v) is 6.67. The van der Waals surface area contributed by atoms with E-state index in [1.165, 1.54) is 32.5 Å². The highest BCUT2D eigenvalue weighted by atomic mass is 16.5. The van der Waals surface area contributed by atoms with Gasteiger partial charge in [0.25, 0.3) is 0 Å². The van der Waals surface area contributed by atoms with Crippen LogP contribution in [-0.4, -0.2) is 49.3 Å². The third-order valence-corrected chi connectivity index (χ3v) is 3.39. The van der Waals surface area contributed by atoms with E-state index in [1.54, 1.807) is 0 Å². The van der Waals surface area contributed by atoms with E-state index in [9.17, 15) is 0 Å². The highest BCUT2D eigenvalue weighted by Gasteiger charge is 2.22. The number of rotatable bonds is 6. The van der Waals surface area contributed by atoms with Gasteiger partial charge in [0, 0.05) is 19.2 Å². The van der Waals surface area contributed by atoms with Crippen LogP contribution >= 0.6 is 0 Å². The van der Waals surface area contributed by atoms with Crippen molar-refractivity contribution in [2.45, 2.75) is 52.2 Å². The molecule has 0 saturated carbocycles. The van der Waals surface area contributed by atoms with Crippen molar-refractivity contribution in [2.24, 2.45) is 0 Å². The maximum atomic E-state index is 5.69. The minimum atomic E-state index is -0.0311. The number of hydrogen-bond donors (Lipinski definition) is 1. The summed E-state index contributed by atoms with van der Waals surface area (Å²) in [6, 6.07) is 0.683. The van der Waals surface area contributed by atoms with Gasteiger partial charge in [-0.3, -0.25) is 0 Å². The lowest BCUT2D eigenvalue weighted by molar-refractivity contribution is -0.0119. The fourth-order valence-corrected chi connectivity index (χ4v) is 2.29. The van der Waals surface area contributed by atoms with Crippen molar-refractivity contribution in [1.82, 2.24) is 10.2 Å². The second-order valence-electron chi connectivity index (χ2n) is 5.28. The molecule has 0 aliphatic carbocycles. The summed E-state index contributed by atoms with van der Waals surface area (Å²) in [5.74, 6) is 0. The smallest absolute Gasteiger partial charge is 0.0750 e. The van der Waals surface area contributed by atoms with Crippen molar-refractivity contribution in [2.75, 3.05) is 32.8 Å². The Kier molecular flexibility index (Phi) is 5.73. The van der Waals surface area contributed by atoms with Gasteiger partial charge in [0.15, 0.2) is 0 Å². The molecule has 1 saturated heterocycles. The number of nitrogens with one attached hydrogen (secondary N) is 1. The van der Waals surface area contributed by atoms with Crippen LogP contribution in [0.15, 0.2) is 0 Å². The molecule has 16 heavy (non-hydrogen) atoms. The highest BCUT2D eigenvalue weighted by Crippen LogP contribution is 2.12. The summed E-state index contributed by atoms with van der Waals surface area (Å²) >= 11 is 0. The van der Waals surface area contributed by atoms with E-state index < -0.39 is 0 Å². The minimum Gasteiger partial charge on any atom is -0.375 e. The SMILES string of the molecule is CCOC(C)(C)CNC1CCN(CC)CC1. The van der Waals surface area contributed by atoms with Gasteiger partial charge < -0.3 is 15.0 Å². The molecule has 0 unspecified atom stereocenters. The first-order valence-electron chi connectivity index (χ1n) is 6.67. The van der Waals surface area contributed by atoms with Crippen molar-refractivity contribution in [3.8, 4) is 0 Å². The molecule has 0 spiro atoms. The predicted molar refractivity (Wildman–Crippen MR) is 68.8 cm³/mol. The molecule has 1 aliphatic heterocycles. The van der Waals surface area contributed by atoms with Crippen LogP contribution in [0.3, 0.4) is 0 Å². The first kappa shape index (κ1) is 13.9. The Hall–Kier alpha value is -0.120. The Morgan fingerprint density at radius 2 is 1.88 bits per heavy atom. The topological polar surface area (TPSA) is 24.5 Å².